The number of amides is 1. The molecule has 2 heterocycles. The monoisotopic (exact) mass is 285 g/mol. The van der Waals surface area contributed by atoms with Crippen LogP contribution < -0.4 is 5.73 Å². The molecule has 0 fully saturated rings. The molecule has 1 amide bonds. The van der Waals surface area contributed by atoms with Crippen LogP contribution in [0.4, 0.5) is 0 Å². The molecular weight excluding hydrogens is 270 g/mol. The molecule has 1 aromatic carbocycles. The van der Waals surface area contributed by atoms with Crippen LogP contribution in [0.3, 0.4) is 0 Å². The van der Waals surface area contributed by atoms with Gasteiger partial charge in [0.25, 0.3) is 5.91 Å². The largest absolute Gasteiger partial charge is 0.364 e. The third kappa shape index (κ3) is 2.47. The first-order valence-corrected chi connectivity index (χ1v) is 6.71. The number of benzene rings is 1. The Morgan fingerprint density at radius 1 is 1.29 bits per heavy atom. The topological polar surface area (TPSA) is 126 Å². The number of nitrogens with one attached hydrogen (secondary N) is 2. The third-order valence-corrected chi connectivity index (χ3v) is 3.45. The Hall–Kier alpha value is -2.77. The molecule has 21 heavy (non-hydrogen) atoms. The van der Waals surface area contributed by atoms with Crippen molar-refractivity contribution in [2.45, 2.75) is 26.2 Å². The van der Waals surface area contributed by atoms with Crippen molar-refractivity contribution in [2.75, 3.05) is 0 Å². The summed E-state index contributed by atoms with van der Waals surface area (Å²) in [6.07, 6.45) is 2.26. The number of nitrogens with two attached hydrogens (primary N) is 1. The molecule has 3 aromatic rings. The smallest absolute Gasteiger partial charge is 0.267 e. The number of hydrogen-bond acceptors (Lipinski definition) is 5. The molecule has 0 aliphatic carbocycles. The molecule has 3 rings (SSSR count). The lowest BCUT2D eigenvalue weighted by Crippen LogP contribution is -2.11. The molecule has 0 bridgehead atoms. The lowest BCUT2D eigenvalue weighted by Gasteiger charge is -2.05. The molecule has 8 nitrogen and oxygen atoms in total. The molecule has 0 spiro atoms. The number of hydrogen-bond donors (Lipinski definition) is 3. The number of primary amides is 1. The number of aromatic nitrogens is 6. The predicted molar refractivity (Wildman–Crippen MR) is 75.6 cm³/mol. The van der Waals surface area contributed by atoms with E-state index in [9.17, 15) is 4.79 Å². The number of rotatable bonds is 5. The second kappa shape index (κ2) is 5.31. The molecule has 0 unspecified atom stereocenters. The summed E-state index contributed by atoms with van der Waals surface area (Å²) >= 11 is 0. The SMILES string of the molecule is CCc1cc(CCc2nn[nH]n2)cc2c(C(N)=O)[nH]nc12. The summed E-state index contributed by atoms with van der Waals surface area (Å²) in [5.74, 6) is 0.158. The summed E-state index contributed by atoms with van der Waals surface area (Å²) < 4.78 is 0. The predicted octanol–water partition coefficient (Wildman–Crippen LogP) is 0.522. The van der Waals surface area contributed by atoms with E-state index in [2.05, 4.69) is 43.8 Å². The highest BCUT2D eigenvalue weighted by Gasteiger charge is 2.14. The number of aryl methyl sites for hydroxylation is 3. The molecule has 0 aliphatic rings. The summed E-state index contributed by atoms with van der Waals surface area (Å²) in [5.41, 5.74) is 8.70. The van der Waals surface area contributed by atoms with E-state index in [4.69, 9.17) is 5.73 Å². The number of carbonyl (C=O) groups is 1. The standard InChI is InChI=1S/C13H15N7O/c1-2-8-5-7(3-4-10-15-19-20-16-10)6-9-11(8)17-18-12(9)13(14)21/h5-6H,2-4H2,1H3,(H2,14,21)(H,17,18)(H,15,16,19,20). The summed E-state index contributed by atoms with van der Waals surface area (Å²) in [6, 6.07) is 4.03. The van der Waals surface area contributed by atoms with Crippen molar-refractivity contribution < 1.29 is 4.79 Å². The summed E-state index contributed by atoms with van der Waals surface area (Å²) in [6.45, 7) is 2.05. The van der Waals surface area contributed by atoms with Crippen molar-refractivity contribution in [3.05, 3.63) is 34.8 Å². The normalized spacial score (nSPS) is 11.1. The van der Waals surface area contributed by atoms with Crippen molar-refractivity contribution in [3.8, 4) is 0 Å². The van der Waals surface area contributed by atoms with E-state index >= 15 is 0 Å². The first-order valence-electron chi connectivity index (χ1n) is 6.71. The van der Waals surface area contributed by atoms with Gasteiger partial charge in [-0.1, -0.05) is 18.2 Å². The lowest BCUT2D eigenvalue weighted by molar-refractivity contribution is 0.0997. The van der Waals surface area contributed by atoms with Gasteiger partial charge >= 0.3 is 0 Å². The van der Waals surface area contributed by atoms with Crippen LogP contribution >= 0.6 is 0 Å². The second-order valence-corrected chi connectivity index (χ2v) is 4.80. The van der Waals surface area contributed by atoms with E-state index in [1.165, 1.54) is 0 Å². The summed E-state index contributed by atoms with van der Waals surface area (Å²) in [4.78, 5) is 11.5. The number of H-pyrrole nitrogens is 2. The van der Waals surface area contributed by atoms with E-state index in [0.717, 1.165) is 34.9 Å². The molecule has 0 saturated heterocycles. The highest BCUT2D eigenvalue weighted by Crippen LogP contribution is 2.23. The fraction of sp³-hybridized carbons (Fsp3) is 0.308. The van der Waals surface area contributed by atoms with Gasteiger partial charge in [-0.2, -0.15) is 10.3 Å². The van der Waals surface area contributed by atoms with Gasteiger partial charge in [0, 0.05) is 11.8 Å². The fourth-order valence-electron chi connectivity index (χ4n) is 2.40. The van der Waals surface area contributed by atoms with Crippen molar-refractivity contribution in [2.24, 2.45) is 5.73 Å². The van der Waals surface area contributed by atoms with Crippen molar-refractivity contribution >= 4 is 16.8 Å². The van der Waals surface area contributed by atoms with Crippen LogP contribution in [0.2, 0.25) is 0 Å². The maximum Gasteiger partial charge on any atom is 0.267 e. The summed E-state index contributed by atoms with van der Waals surface area (Å²) in [5, 5.41) is 21.5. The highest BCUT2D eigenvalue weighted by molar-refractivity contribution is 6.04. The van der Waals surface area contributed by atoms with Crippen molar-refractivity contribution in [1.29, 1.82) is 0 Å². The first-order chi connectivity index (χ1) is 10.2. The maximum absolute atomic E-state index is 11.5. The van der Waals surface area contributed by atoms with Crippen LogP contribution in [0.1, 0.15) is 34.4 Å². The zero-order chi connectivity index (χ0) is 14.8. The summed E-state index contributed by atoms with van der Waals surface area (Å²) in [7, 11) is 0. The van der Waals surface area contributed by atoms with Crippen LogP contribution in [-0.2, 0) is 19.3 Å². The Balaban J connectivity index is 1.98. The Labute approximate surface area is 120 Å². The molecule has 0 atom stereocenters. The van der Waals surface area contributed by atoms with E-state index in [1.807, 2.05) is 6.07 Å². The van der Waals surface area contributed by atoms with Crippen LogP contribution in [0, 0.1) is 0 Å². The molecule has 8 heteroatoms. The van der Waals surface area contributed by atoms with Gasteiger partial charge in [-0.05, 0) is 30.0 Å². The minimum absolute atomic E-state index is 0.348. The van der Waals surface area contributed by atoms with Gasteiger partial charge in [0.05, 0.1) is 5.52 Å². The number of aromatic amines is 2. The Morgan fingerprint density at radius 2 is 2.14 bits per heavy atom. The molecule has 108 valence electrons. The molecule has 0 saturated carbocycles. The Morgan fingerprint density at radius 3 is 2.81 bits per heavy atom. The Kier molecular flexibility index (Phi) is 3.35. The number of nitrogens with zero attached hydrogens (tertiary/aromatic N) is 4. The van der Waals surface area contributed by atoms with Crippen LogP contribution in [0.5, 0.6) is 0 Å². The van der Waals surface area contributed by atoms with Gasteiger partial charge in [-0.25, -0.2) is 0 Å². The molecule has 4 N–H and O–H groups in total. The zero-order valence-electron chi connectivity index (χ0n) is 11.6. The van der Waals surface area contributed by atoms with Gasteiger partial charge in [0.2, 0.25) is 0 Å². The number of fused-ring (bicyclic) bond motifs is 1. The molecule has 2 aromatic heterocycles. The van der Waals surface area contributed by atoms with Crippen LogP contribution in [-0.4, -0.2) is 36.7 Å². The lowest BCUT2D eigenvalue weighted by atomic mass is 10.00. The first kappa shape index (κ1) is 13.2. The van der Waals surface area contributed by atoms with Crippen molar-refractivity contribution in [1.82, 2.24) is 30.8 Å². The minimum Gasteiger partial charge on any atom is -0.364 e. The number of carbonyl (C=O) groups excluding carboxylic acids is 1. The minimum atomic E-state index is -0.505. The average molecular weight is 285 g/mol. The van der Waals surface area contributed by atoms with Gasteiger partial charge in [0.15, 0.2) is 5.82 Å². The van der Waals surface area contributed by atoms with Crippen molar-refractivity contribution in [3.63, 3.8) is 0 Å². The van der Waals surface area contributed by atoms with Gasteiger partial charge in [-0.3, -0.25) is 9.89 Å². The van der Waals surface area contributed by atoms with Gasteiger partial charge < -0.3 is 5.73 Å². The van der Waals surface area contributed by atoms with E-state index in [0.29, 0.717) is 17.9 Å². The quantitative estimate of drug-likeness (QED) is 0.630. The van der Waals surface area contributed by atoms with E-state index < -0.39 is 5.91 Å². The van der Waals surface area contributed by atoms with Gasteiger partial charge in [0.1, 0.15) is 5.69 Å². The molecule has 0 aliphatic heterocycles. The third-order valence-electron chi connectivity index (χ3n) is 3.45. The zero-order valence-corrected chi connectivity index (χ0v) is 11.6. The fourth-order valence-corrected chi connectivity index (χ4v) is 2.40. The van der Waals surface area contributed by atoms with Crippen LogP contribution in [0.15, 0.2) is 12.1 Å². The molecule has 0 radical (unpaired) electrons. The average Bonchev–Trinajstić information content (AvgIpc) is 3.13. The van der Waals surface area contributed by atoms with E-state index in [1.54, 1.807) is 0 Å². The maximum atomic E-state index is 11.5. The number of tetrazole rings is 1. The van der Waals surface area contributed by atoms with Crippen LogP contribution in [0.25, 0.3) is 10.9 Å². The highest BCUT2D eigenvalue weighted by atomic mass is 16.1. The second-order valence-electron chi connectivity index (χ2n) is 4.80. The van der Waals surface area contributed by atoms with E-state index in [-0.39, 0.29) is 0 Å². The molecular formula is C13H15N7O. The Bertz CT molecular complexity index is 775. The van der Waals surface area contributed by atoms with Gasteiger partial charge in [-0.15, -0.1) is 10.2 Å².